The quantitative estimate of drug-likeness (QED) is 0.638. The Labute approximate surface area is 120 Å². The maximum Gasteiger partial charge on any atom is 0.293 e. The Morgan fingerprint density at radius 3 is 2.81 bits per heavy atom. The van der Waals surface area contributed by atoms with Crippen molar-refractivity contribution in [2.45, 2.75) is 6.54 Å². The average Bonchev–Trinajstić information content (AvgIpc) is 2.89. The fraction of sp³-hybridized carbons (Fsp3) is 0.231. The van der Waals surface area contributed by atoms with E-state index in [1.807, 2.05) is 0 Å². The smallest absolute Gasteiger partial charge is 0.293 e. The van der Waals surface area contributed by atoms with Crippen LogP contribution in [0.15, 0.2) is 30.6 Å². The van der Waals surface area contributed by atoms with Gasteiger partial charge in [0.05, 0.1) is 16.7 Å². The van der Waals surface area contributed by atoms with Crippen molar-refractivity contribution >= 4 is 17.3 Å². The molecule has 1 aromatic carbocycles. The van der Waals surface area contributed by atoms with E-state index in [-0.39, 0.29) is 22.8 Å². The highest BCUT2D eigenvalue weighted by molar-refractivity contribution is 6.01. The fourth-order valence-electron chi connectivity index (χ4n) is 1.98. The van der Waals surface area contributed by atoms with Crippen molar-refractivity contribution in [3.63, 3.8) is 0 Å². The number of hydrogen-bond acceptors (Lipinski definition) is 5. The standard InChI is InChI=1S/C13H15N5O3/c1-14-12-10(4-3-5-11(12)18(20)21)13(19)15-6-9-7-16-17(2)8-9/h3-5,7-8,14H,6H2,1-2H3,(H,15,19). The van der Waals surface area contributed by atoms with Crippen molar-refractivity contribution in [3.8, 4) is 0 Å². The van der Waals surface area contributed by atoms with Gasteiger partial charge in [-0.15, -0.1) is 0 Å². The van der Waals surface area contributed by atoms with Crippen molar-refractivity contribution in [3.05, 3.63) is 51.8 Å². The minimum absolute atomic E-state index is 0.133. The summed E-state index contributed by atoms with van der Waals surface area (Å²) in [5.41, 5.74) is 1.15. The first kappa shape index (κ1) is 14.5. The number of aryl methyl sites for hydroxylation is 1. The topological polar surface area (TPSA) is 102 Å². The predicted octanol–water partition coefficient (Wildman–Crippen LogP) is 1.30. The highest BCUT2D eigenvalue weighted by atomic mass is 16.6. The normalized spacial score (nSPS) is 10.2. The Bertz CT molecular complexity index is 680. The summed E-state index contributed by atoms with van der Waals surface area (Å²) < 4.78 is 1.63. The highest BCUT2D eigenvalue weighted by Gasteiger charge is 2.20. The number of hydrogen-bond donors (Lipinski definition) is 2. The summed E-state index contributed by atoms with van der Waals surface area (Å²) in [5, 5.41) is 20.4. The molecule has 2 N–H and O–H groups in total. The lowest BCUT2D eigenvalue weighted by Gasteiger charge is -2.09. The third kappa shape index (κ3) is 3.16. The Morgan fingerprint density at radius 2 is 2.24 bits per heavy atom. The summed E-state index contributed by atoms with van der Waals surface area (Å²) >= 11 is 0. The van der Waals surface area contributed by atoms with E-state index in [0.29, 0.717) is 6.54 Å². The zero-order valence-corrected chi connectivity index (χ0v) is 11.7. The number of nitro benzene ring substituents is 1. The van der Waals surface area contributed by atoms with E-state index in [0.717, 1.165) is 5.56 Å². The molecule has 2 aromatic rings. The van der Waals surface area contributed by atoms with Gasteiger partial charge in [0.1, 0.15) is 5.69 Å². The van der Waals surface area contributed by atoms with Crippen LogP contribution in [0, 0.1) is 10.1 Å². The van der Waals surface area contributed by atoms with Crippen LogP contribution in [0.2, 0.25) is 0 Å². The van der Waals surface area contributed by atoms with Crippen LogP contribution in [0.5, 0.6) is 0 Å². The van der Waals surface area contributed by atoms with Gasteiger partial charge in [0.15, 0.2) is 0 Å². The largest absolute Gasteiger partial charge is 0.382 e. The molecule has 2 rings (SSSR count). The molecule has 0 spiro atoms. The number of rotatable bonds is 5. The Balaban J connectivity index is 2.19. The summed E-state index contributed by atoms with van der Waals surface area (Å²) in [6, 6.07) is 4.37. The van der Waals surface area contributed by atoms with Crippen LogP contribution < -0.4 is 10.6 Å². The monoisotopic (exact) mass is 289 g/mol. The van der Waals surface area contributed by atoms with Crippen LogP contribution >= 0.6 is 0 Å². The molecule has 0 atom stereocenters. The molecule has 1 amide bonds. The Kier molecular flexibility index (Phi) is 4.17. The number of para-hydroxylation sites is 1. The summed E-state index contributed by atoms with van der Waals surface area (Å²) in [4.78, 5) is 22.6. The van der Waals surface area contributed by atoms with E-state index in [1.165, 1.54) is 18.2 Å². The Hall–Kier alpha value is -2.90. The lowest BCUT2D eigenvalue weighted by atomic mass is 10.1. The van der Waals surface area contributed by atoms with Crippen LogP contribution in [0.25, 0.3) is 0 Å². The number of nitro groups is 1. The molecule has 1 aromatic heterocycles. The van der Waals surface area contributed by atoms with Gasteiger partial charge in [-0.25, -0.2) is 0 Å². The molecule has 1 heterocycles. The Morgan fingerprint density at radius 1 is 1.48 bits per heavy atom. The first-order valence-corrected chi connectivity index (χ1v) is 6.23. The van der Waals surface area contributed by atoms with Gasteiger partial charge < -0.3 is 10.6 Å². The lowest BCUT2D eigenvalue weighted by molar-refractivity contribution is -0.384. The van der Waals surface area contributed by atoms with Crippen LogP contribution in [-0.2, 0) is 13.6 Å². The molecule has 0 radical (unpaired) electrons. The summed E-state index contributed by atoms with van der Waals surface area (Å²) in [5.74, 6) is -0.382. The fourth-order valence-corrected chi connectivity index (χ4v) is 1.98. The summed E-state index contributed by atoms with van der Waals surface area (Å²) in [6.07, 6.45) is 3.43. The summed E-state index contributed by atoms with van der Waals surface area (Å²) in [6.45, 7) is 0.304. The van der Waals surface area contributed by atoms with Crippen molar-refractivity contribution < 1.29 is 9.72 Å². The average molecular weight is 289 g/mol. The maximum absolute atomic E-state index is 12.2. The van der Waals surface area contributed by atoms with Gasteiger partial charge in [0.2, 0.25) is 0 Å². The first-order valence-electron chi connectivity index (χ1n) is 6.23. The third-order valence-electron chi connectivity index (χ3n) is 2.95. The molecule has 21 heavy (non-hydrogen) atoms. The number of carbonyl (C=O) groups excluding carboxylic acids is 1. The molecule has 0 aliphatic rings. The van der Waals surface area contributed by atoms with Crippen molar-refractivity contribution in [2.75, 3.05) is 12.4 Å². The second-order valence-corrected chi connectivity index (χ2v) is 4.41. The predicted molar refractivity (Wildman–Crippen MR) is 77.0 cm³/mol. The zero-order chi connectivity index (χ0) is 15.4. The van der Waals surface area contributed by atoms with Crippen molar-refractivity contribution in [2.24, 2.45) is 7.05 Å². The van der Waals surface area contributed by atoms with E-state index >= 15 is 0 Å². The molecule has 0 saturated heterocycles. The molecule has 8 heteroatoms. The van der Waals surface area contributed by atoms with Crippen LogP contribution in [-0.4, -0.2) is 27.7 Å². The molecular weight excluding hydrogens is 274 g/mol. The highest BCUT2D eigenvalue weighted by Crippen LogP contribution is 2.27. The van der Waals surface area contributed by atoms with Gasteiger partial charge in [-0.3, -0.25) is 19.6 Å². The van der Waals surface area contributed by atoms with Crippen LogP contribution in [0.3, 0.4) is 0 Å². The number of anilines is 1. The number of nitrogens with zero attached hydrogens (tertiary/aromatic N) is 3. The molecule has 0 bridgehead atoms. The van der Waals surface area contributed by atoms with Gasteiger partial charge in [0, 0.05) is 38.5 Å². The van der Waals surface area contributed by atoms with Crippen molar-refractivity contribution in [1.29, 1.82) is 0 Å². The van der Waals surface area contributed by atoms with Gasteiger partial charge in [0.25, 0.3) is 11.6 Å². The number of aromatic nitrogens is 2. The van der Waals surface area contributed by atoms with E-state index < -0.39 is 4.92 Å². The number of benzene rings is 1. The van der Waals surface area contributed by atoms with E-state index in [1.54, 1.807) is 31.2 Å². The molecule has 0 aliphatic carbocycles. The number of amides is 1. The molecule has 0 unspecified atom stereocenters. The lowest BCUT2D eigenvalue weighted by Crippen LogP contribution is -2.23. The van der Waals surface area contributed by atoms with Gasteiger partial charge in [-0.1, -0.05) is 6.07 Å². The number of nitrogens with one attached hydrogen (secondary N) is 2. The maximum atomic E-state index is 12.2. The van der Waals surface area contributed by atoms with Gasteiger partial charge in [-0.2, -0.15) is 5.10 Å². The molecule has 8 nitrogen and oxygen atoms in total. The van der Waals surface area contributed by atoms with E-state index in [2.05, 4.69) is 15.7 Å². The third-order valence-corrected chi connectivity index (χ3v) is 2.95. The molecular formula is C13H15N5O3. The second kappa shape index (κ2) is 6.04. The molecule has 110 valence electrons. The van der Waals surface area contributed by atoms with Crippen LogP contribution in [0.4, 0.5) is 11.4 Å². The minimum Gasteiger partial charge on any atom is -0.382 e. The van der Waals surface area contributed by atoms with Crippen molar-refractivity contribution in [1.82, 2.24) is 15.1 Å². The molecule has 0 fully saturated rings. The number of carbonyl (C=O) groups is 1. The summed E-state index contributed by atoms with van der Waals surface area (Å²) in [7, 11) is 3.32. The van der Waals surface area contributed by atoms with Gasteiger partial charge in [-0.05, 0) is 6.07 Å². The van der Waals surface area contributed by atoms with Crippen LogP contribution in [0.1, 0.15) is 15.9 Å². The van der Waals surface area contributed by atoms with E-state index in [9.17, 15) is 14.9 Å². The SMILES string of the molecule is CNc1c(C(=O)NCc2cnn(C)c2)cccc1[N+](=O)[O-]. The second-order valence-electron chi connectivity index (χ2n) is 4.41. The van der Waals surface area contributed by atoms with Gasteiger partial charge >= 0.3 is 0 Å². The minimum atomic E-state index is -0.524. The first-order chi connectivity index (χ1) is 10.0. The van der Waals surface area contributed by atoms with E-state index in [4.69, 9.17) is 0 Å². The zero-order valence-electron chi connectivity index (χ0n) is 11.7. The molecule has 0 aliphatic heterocycles. The molecule has 0 saturated carbocycles.